The van der Waals surface area contributed by atoms with Crippen LogP contribution in [0, 0.1) is 0 Å². The molecule has 0 saturated carbocycles. The first-order chi connectivity index (χ1) is 8.58. The molecule has 0 unspecified atom stereocenters. The molecule has 1 aliphatic heterocycles. The molecule has 1 saturated heterocycles. The van der Waals surface area contributed by atoms with Gasteiger partial charge in [0.05, 0.1) is 5.60 Å². The number of hydrogen-bond acceptors (Lipinski definition) is 2. The molecule has 0 radical (unpaired) electrons. The van der Waals surface area contributed by atoms with Gasteiger partial charge in [0.2, 0.25) is 0 Å². The monoisotopic (exact) mass is 254 g/mol. The lowest BCUT2D eigenvalue weighted by Gasteiger charge is -2.34. The fraction of sp³-hybridized carbons (Fsp3) is 0.938. The maximum Gasteiger partial charge on any atom is 0.167 e. The molecule has 1 fully saturated rings. The number of hydrogen-bond donors (Lipinski definition) is 0. The third-order valence-electron chi connectivity index (χ3n) is 4.12. The van der Waals surface area contributed by atoms with E-state index in [0.29, 0.717) is 12.2 Å². The lowest BCUT2D eigenvalue weighted by Crippen LogP contribution is -2.38. The van der Waals surface area contributed by atoms with Crippen molar-refractivity contribution in [3.05, 3.63) is 0 Å². The molecule has 0 atom stereocenters. The third kappa shape index (κ3) is 3.14. The van der Waals surface area contributed by atoms with E-state index in [1.54, 1.807) is 0 Å². The maximum absolute atomic E-state index is 12.5. The molecule has 1 rings (SSSR count). The van der Waals surface area contributed by atoms with Crippen molar-refractivity contribution in [1.29, 1.82) is 0 Å². The van der Waals surface area contributed by atoms with Gasteiger partial charge >= 0.3 is 0 Å². The molecule has 0 N–H and O–H groups in total. The summed E-state index contributed by atoms with van der Waals surface area (Å²) < 4.78 is 6.46. The molecule has 0 aromatic rings. The van der Waals surface area contributed by atoms with Crippen molar-refractivity contribution in [3.8, 4) is 0 Å². The van der Waals surface area contributed by atoms with Crippen molar-refractivity contribution >= 4 is 5.78 Å². The molecule has 1 heterocycles. The van der Waals surface area contributed by atoms with E-state index in [9.17, 15) is 4.79 Å². The molecule has 0 aromatic heterocycles. The smallest absolute Gasteiger partial charge is 0.167 e. The highest BCUT2D eigenvalue weighted by Gasteiger charge is 2.53. The molecule has 18 heavy (non-hydrogen) atoms. The van der Waals surface area contributed by atoms with Crippen LogP contribution in [0.15, 0.2) is 0 Å². The van der Waals surface area contributed by atoms with Crippen molar-refractivity contribution in [2.75, 3.05) is 0 Å². The second-order valence-electron chi connectivity index (χ2n) is 5.88. The minimum Gasteiger partial charge on any atom is -0.360 e. The van der Waals surface area contributed by atoms with E-state index in [2.05, 4.69) is 27.7 Å². The van der Waals surface area contributed by atoms with Gasteiger partial charge in [0.25, 0.3) is 0 Å². The normalized spacial score (nSPS) is 21.4. The van der Waals surface area contributed by atoms with Crippen LogP contribution in [0.25, 0.3) is 0 Å². The van der Waals surface area contributed by atoms with Crippen molar-refractivity contribution in [1.82, 2.24) is 0 Å². The highest BCUT2D eigenvalue weighted by molar-refractivity contribution is 5.90. The molecular formula is C16H30O2. The Labute approximate surface area is 112 Å². The maximum atomic E-state index is 12.5. The van der Waals surface area contributed by atoms with Gasteiger partial charge in [0.15, 0.2) is 5.78 Å². The Morgan fingerprint density at radius 1 is 0.889 bits per heavy atom. The van der Waals surface area contributed by atoms with Gasteiger partial charge in [-0.05, 0) is 25.7 Å². The highest BCUT2D eigenvalue weighted by atomic mass is 16.5. The van der Waals surface area contributed by atoms with E-state index < -0.39 is 5.60 Å². The zero-order valence-corrected chi connectivity index (χ0v) is 12.7. The molecule has 106 valence electrons. The van der Waals surface area contributed by atoms with Crippen LogP contribution >= 0.6 is 0 Å². The topological polar surface area (TPSA) is 26.3 Å². The summed E-state index contributed by atoms with van der Waals surface area (Å²) in [5.41, 5.74) is -0.598. The van der Waals surface area contributed by atoms with E-state index in [0.717, 1.165) is 51.4 Å². The van der Waals surface area contributed by atoms with Crippen LogP contribution in [0.1, 0.15) is 85.5 Å². The Morgan fingerprint density at radius 3 is 1.72 bits per heavy atom. The number of Topliss-reactive ketones (excluding diaryl/α,β-unsaturated/α-hetero) is 1. The molecule has 2 heteroatoms. The van der Waals surface area contributed by atoms with E-state index in [1.165, 1.54) is 0 Å². The zero-order valence-electron chi connectivity index (χ0n) is 12.7. The summed E-state index contributed by atoms with van der Waals surface area (Å²) in [6.45, 7) is 8.66. The zero-order chi connectivity index (χ0) is 13.6. The summed E-state index contributed by atoms with van der Waals surface area (Å²) in [5, 5.41) is 0. The Kier molecular flexibility index (Phi) is 5.84. The van der Waals surface area contributed by atoms with Crippen LogP contribution in [-0.4, -0.2) is 17.0 Å². The molecule has 2 nitrogen and oxygen atoms in total. The molecular weight excluding hydrogens is 224 g/mol. The van der Waals surface area contributed by atoms with Crippen molar-refractivity contribution in [3.63, 3.8) is 0 Å². The largest absolute Gasteiger partial charge is 0.360 e. The first kappa shape index (κ1) is 15.7. The number of carbonyl (C=O) groups excluding carboxylic acids is 1. The minimum atomic E-state index is -0.451. The number of carbonyl (C=O) groups is 1. The molecule has 0 amide bonds. The van der Waals surface area contributed by atoms with Crippen molar-refractivity contribution in [2.24, 2.45) is 0 Å². The van der Waals surface area contributed by atoms with Gasteiger partial charge in [-0.15, -0.1) is 0 Å². The van der Waals surface area contributed by atoms with Crippen LogP contribution < -0.4 is 0 Å². The van der Waals surface area contributed by atoms with Crippen LogP contribution in [0.3, 0.4) is 0 Å². The van der Waals surface area contributed by atoms with Crippen molar-refractivity contribution < 1.29 is 9.53 Å². The second kappa shape index (κ2) is 6.70. The van der Waals surface area contributed by atoms with Gasteiger partial charge in [0.1, 0.15) is 5.60 Å². The number of ether oxygens (including phenoxy) is 1. The van der Waals surface area contributed by atoms with Gasteiger partial charge < -0.3 is 4.74 Å². The van der Waals surface area contributed by atoms with Gasteiger partial charge in [0, 0.05) is 6.42 Å². The lowest BCUT2D eigenvalue weighted by molar-refractivity contribution is -0.146. The van der Waals surface area contributed by atoms with Crippen LogP contribution in [0.4, 0.5) is 0 Å². The van der Waals surface area contributed by atoms with Gasteiger partial charge in [-0.1, -0.05) is 53.4 Å². The van der Waals surface area contributed by atoms with E-state index >= 15 is 0 Å². The van der Waals surface area contributed by atoms with Crippen LogP contribution in [-0.2, 0) is 9.53 Å². The Hall–Kier alpha value is -0.370. The standard InChI is InChI=1S/C16H30O2/c1-5-9-15(10-6-2)13-14(17)16(18-15,11-7-3)12-8-4/h5-13H2,1-4H3. The quantitative estimate of drug-likeness (QED) is 0.630. The molecule has 0 aliphatic carbocycles. The van der Waals surface area contributed by atoms with Gasteiger partial charge in [-0.2, -0.15) is 0 Å². The van der Waals surface area contributed by atoms with Gasteiger partial charge in [-0.3, -0.25) is 4.79 Å². The number of rotatable bonds is 8. The summed E-state index contributed by atoms with van der Waals surface area (Å²) in [5.74, 6) is 0.369. The molecule has 0 spiro atoms. The van der Waals surface area contributed by atoms with E-state index in [1.807, 2.05) is 0 Å². The summed E-state index contributed by atoms with van der Waals surface area (Å²) in [6, 6.07) is 0. The predicted molar refractivity (Wildman–Crippen MR) is 75.8 cm³/mol. The van der Waals surface area contributed by atoms with E-state index in [4.69, 9.17) is 4.74 Å². The van der Waals surface area contributed by atoms with E-state index in [-0.39, 0.29) is 5.60 Å². The molecule has 0 bridgehead atoms. The van der Waals surface area contributed by atoms with Crippen molar-refractivity contribution in [2.45, 2.75) is 96.7 Å². The predicted octanol–water partition coefficient (Wildman–Crippen LogP) is 4.65. The summed E-state index contributed by atoms with van der Waals surface area (Å²) in [6.07, 6.45) is 8.76. The minimum absolute atomic E-state index is 0.148. The first-order valence-corrected chi connectivity index (χ1v) is 7.81. The van der Waals surface area contributed by atoms with Crippen LogP contribution in [0.5, 0.6) is 0 Å². The fourth-order valence-electron chi connectivity index (χ4n) is 3.59. The lowest BCUT2D eigenvalue weighted by atomic mass is 9.85. The fourth-order valence-corrected chi connectivity index (χ4v) is 3.59. The SMILES string of the molecule is CCCC1(CCC)CC(=O)C(CCC)(CCC)O1. The van der Waals surface area contributed by atoms with Gasteiger partial charge in [-0.25, -0.2) is 0 Å². The second-order valence-corrected chi connectivity index (χ2v) is 5.88. The third-order valence-corrected chi connectivity index (χ3v) is 4.12. The summed E-state index contributed by atoms with van der Waals surface area (Å²) >= 11 is 0. The summed E-state index contributed by atoms with van der Waals surface area (Å²) in [4.78, 5) is 12.5. The molecule has 1 aliphatic rings. The number of ketones is 1. The average molecular weight is 254 g/mol. The van der Waals surface area contributed by atoms with Crippen LogP contribution in [0.2, 0.25) is 0 Å². The Bertz CT molecular complexity index is 258. The first-order valence-electron chi connectivity index (χ1n) is 7.81. The summed E-state index contributed by atoms with van der Waals surface area (Å²) in [7, 11) is 0. The highest BCUT2D eigenvalue weighted by Crippen LogP contribution is 2.45. The average Bonchev–Trinajstić information content (AvgIpc) is 2.54. The Balaban J connectivity index is 2.91. The Morgan fingerprint density at radius 2 is 1.33 bits per heavy atom. The molecule has 0 aromatic carbocycles.